The van der Waals surface area contributed by atoms with E-state index in [1.807, 2.05) is 5.32 Å². The Morgan fingerprint density at radius 1 is 1.57 bits per heavy atom. The standard InChI is InChI=1S/C16H17N3O4/c1-4-16(17-2,15(22)18-10-20)9-19-8-11-5-6-12(23-3)7-13(11)14(19)21/h1,5-7,10,17H,8-9H2,2-3H3,(H,18,20,22)/t16-/m1/s1. The predicted molar refractivity (Wildman–Crippen MR) is 82.6 cm³/mol. The summed E-state index contributed by atoms with van der Waals surface area (Å²) in [7, 11) is 3.02. The molecule has 0 bridgehead atoms. The highest BCUT2D eigenvalue weighted by atomic mass is 16.5. The van der Waals surface area contributed by atoms with Crippen LogP contribution in [0.1, 0.15) is 15.9 Å². The molecule has 1 aliphatic heterocycles. The molecule has 0 fully saturated rings. The summed E-state index contributed by atoms with van der Waals surface area (Å²) in [6, 6.07) is 5.22. The molecule has 1 atom stereocenters. The number of benzene rings is 1. The van der Waals surface area contributed by atoms with Crippen LogP contribution in [-0.2, 0) is 16.1 Å². The summed E-state index contributed by atoms with van der Waals surface area (Å²) >= 11 is 0. The van der Waals surface area contributed by atoms with Crippen LogP contribution in [0.15, 0.2) is 18.2 Å². The lowest BCUT2D eigenvalue weighted by Gasteiger charge is -2.30. The predicted octanol–water partition coefficient (Wildman–Crippen LogP) is -0.485. The van der Waals surface area contributed by atoms with Gasteiger partial charge in [-0.25, -0.2) is 0 Å². The molecule has 0 radical (unpaired) electrons. The minimum Gasteiger partial charge on any atom is -0.497 e. The number of terminal acetylenes is 1. The molecule has 2 N–H and O–H groups in total. The molecule has 1 heterocycles. The Bertz CT molecular complexity index is 695. The minimum atomic E-state index is -1.48. The average molecular weight is 315 g/mol. The van der Waals surface area contributed by atoms with Gasteiger partial charge in [0.05, 0.1) is 13.7 Å². The molecule has 1 aromatic carbocycles. The van der Waals surface area contributed by atoms with Crippen molar-refractivity contribution in [3.8, 4) is 18.1 Å². The second kappa shape index (κ2) is 6.50. The first-order valence-electron chi connectivity index (χ1n) is 6.88. The van der Waals surface area contributed by atoms with Crippen LogP contribution < -0.4 is 15.4 Å². The molecule has 120 valence electrons. The molecule has 0 spiro atoms. The van der Waals surface area contributed by atoms with Gasteiger partial charge < -0.3 is 9.64 Å². The van der Waals surface area contributed by atoms with Gasteiger partial charge in [-0.15, -0.1) is 6.42 Å². The Kier molecular flexibility index (Phi) is 4.67. The van der Waals surface area contributed by atoms with Gasteiger partial charge in [-0.05, 0) is 24.7 Å². The first-order valence-corrected chi connectivity index (χ1v) is 6.88. The molecule has 2 rings (SSSR count). The summed E-state index contributed by atoms with van der Waals surface area (Å²) in [6.45, 7) is 0.271. The maximum absolute atomic E-state index is 12.5. The van der Waals surface area contributed by atoms with Crippen LogP contribution in [-0.4, -0.2) is 49.4 Å². The van der Waals surface area contributed by atoms with Crippen molar-refractivity contribution in [1.82, 2.24) is 15.5 Å². The summed E-state index contributed by atoms with van der Waals surface area (Å²) in [6.07, 6.45) is 5.74. The number of amides is 3. The third-order valence-corrected chi connectivity index (χ3v) is 3.87. The van der Waals surface area contributed by atoms with E-state index in [1.165, 1.54) is 19.1 Å². The number of carbonyl (C=O) groups excluding carboxylic acids is 3. The zero-order chi connectivity index (χ0) is 17.0. The molecule has 0 aromatic heterocycles. The molecule has 23 heavy (non-hydrogen) atoms. The Labute approximate surface area is 134 Å². The van der Waals surface area contributed by atoms with Crippen molar-refractivity contribution in [3.05, 3.63) is 29.3 Å². The molecular formula is C16H17N3O4. The third-order valence-electron chi connectivity index (χ3n) is 3.87. The van der Waals surface area contributed by atoms with E-state index in [0.29, 0.717) is 17.9 Å². The minimum absolute atomic E-state index is 0.0600. The van der Waals surface area contributed by atoms with Crippen molar-refractivity contribution in [3.63, 3.8) is 0 Å². The molecule has 3 amide bonds. The number of nitrogens with one attached hydrogen (secondary N) is 2. The number of rotatable bonds is 6. The number of hydrogen-bond acceptors (Lipinski definition) is 5. The van der Waals surface area contributed by atoms with Gasteiger partial charge in [-0.1, -0.05) is 12.0 Å². The zero-order valence-corrected chi connectivity index (χ0v) is 12.9. The van der Waals surface area contributed by atoms with Gasteiger partial charge in [-0.3, -0.25) is 25.0 Å². The normalized spacial score (nSPS) is 15.3. The van der Waals surface area contributed by atoms with E-state index in [9.17, 15) is 14.4 Å². The zero-order valence-electron chi connectivity index (χ0n) is 12.9. The van der Waals surface area contributed by atoms with Crippen LogP contribution in [0.3, 0.4) is 0 Å². The van der Waals surface area contributed by atoms with Crippen molar-refractivity contribution in [2.75, 3.05) is 20.7 Å². The summed E-state index contributed by atoms with van der Waals surface area (Å²) in [5, 5.41) is 4.76. The lowest BCUT2D eigenvalue weighted by Crippen LogP contribution is -2.60. The third kappa shape index (κ3) is 2.89. The van der Waals surface area contributed by atoms with Gasteiger partial charge in [0.25, 0.3) is 11.8 Å². The lowest BCUT2D eigenvalue weighted by molar-refractivity contribution is -0.129. The van der Waals surface area contributed by atoms with Gasteiger partial charge in [0, 0.05) is 12.1 Å². The Hall–Kier alpha value is -2.85. The highest BCUT2D eigenvalue weighted by Crippen LogP contribution is 2.27. The summed E-state index contributed by atoms with van der Waals surface area (Å²) < 4.78 is 5.12. The van der Waals surface area contributed by atoms with Gasteiger partial charge >= 0.3 is 0 Å². The number of fused-ring (bicyclic) bond motifs is 1. The first kappa shape index (κ1) is 16.5. The summed E-state index contributed by atoms with van der Waals surface area (Å²) in [4.78, 5) is 36.6. The van der Waals surface area contributed by atoms with Gasteiger partial charge in [-0.2, -0.15) is 0 Å². The number of carbonyl (C=O) groups is 3. The monoisotopic (exact) mass is 315 g/mol. The smallest absolute Gasteiger partial charge is 0.260 e. The van der Waals surface area contributed by atoms with Crippen molar-refractivity contribution >= 4 is 18.2 Å². The van der Waals surface area contributed by atoms with Gasteiger partial charge in [0.15, 0.2) is 5.54 Å². The highest BCUT2D eigenvalue weighted by molar-refractivity contribution is 6.01. The van der Waals surface area contributed by atoms with Crippen molar-refractivity contribution < 1.29 is 19.1 Å². The van der Waals surface area contributed by atoms with E-state index < -0.39 is 11.4 Å². The maximum Gasteiger partial charge on any atom is 0.260 e. The molecule has 7 heteroatoms. The van der Waals surface area contributed by atoms with Crippen molar-refractivity contribution in [2.45, 2.75) is 12.1 Å². The molecule has 1 aromatic rings. The average Bonchev–Trinajstić information content (AvgIpc) is 2.88. The van der Waals surface area contributed by atoms with Crippen LogP contribution in [0, 0.1) is 12.3 Å². The van der Waals surface area contributed by atoms with E-state index in [1.54, 1.807) is 18.2 Å². The topological polar surface area (TPSA) is 87.7 Å². The van der Waals surface area contributed by atoms with Gasteiger partial charge in [0.1, 0.15) is 5.75 Å². The quantitative estimate of drug-likeness (QED) is 0.547. The fraction of sp³-hybridized carbons (Fsp3) is 0.312. The lowest BCUT2D eigenvalue weighted by atomic mass is 9.99. The second-order valence-corrected chi connectivity index (χ2v) is 5.08. The fourth-order valence-electron chi connectivity index (χ4n) is 2.51. The Morgan fingerprint density at radius 2 is 2.30 bits per heavy atom. The van der Waals surface area contributed by atoms with Crippen LogP contribution in [0.25, 0.3) is 0 Å². The highest BCUT2D eigenvalue weighted by Gasteiger charge is 2.40. The van der Waals surface area contributed by atoms with Crippen molar-refractivity contribution in [2.24, 2.45) is 0 Å². The summed E-state index contributed by atoms with van der Waals surface area (Å²) in [5.74, 6) is 2.00. The van der Waals surface area contributed by atoms with E-state index in [4.69, 9.17) is 11.2 Å². The van der Waals surface area contributed by atoms with Crippen LogP contribution >= 0.6 is 0 Å². The molecule has 0 saturated carbocycles. The second-order valence-electron chi connectivity index (χ2n) is 5.08. The van der Waals surface area contributed by atoms with Gasteiger partial charge in [0.2, 0.25) is 6.41 Å². The number of hydrogen-bond donors (Lipinski definition) is 2. The fourth-order valence-corrected chi connectivity index (χ4v) is 2.51. The van der Waals surface area contributed by atoms with E-state index in [0.717, 1.165) is 5.56 Å². The molecule has 7 nitrogen and oxygen atoms in total. The maximum atomic E-state index is 12.5. The first-order chi connectivity index (χ1) is 11.0. The molecule has 0 saturated heterocycles. The van der Waals surface area contributed by atoms with Crippen LogP contribution in [0.2, 0.25) is 0 Å². The molecular weight excluding hydrogens is 298 g/mol. The largest absolute Gasteiger partial charge is 0.497 e. The SMILES string of the molecule is C#C[C@](CN1Cc2ccc(OC)cc2C1=O)(NC)C(=O)NC=O. The summed E-state index contributed by atoms with van der Waals surface area (Å²) in [5.41, 5.74) is -0.140. The van der Waals surface area contributed by atoms with Crippen LogP contribution in [0.4, 0.5) is 0 Å². The molecule has 0 aliphatic carbocycles. The molecule has 0 unspecified atom stereocenters. The van der Waals surface area contributed by atoms with E-state index in [2.05, 4.69) is 11.2 Å². The number of methoxy groups -OCH3 is 1. The Morgan fingerprint density at radius 3 is 2.87 bits per heavy atom. The Balaban J connectivity index is 2.27. The van der Waals surface area contributed by atoms with E-state index >= 15 is 0 Å². The van der Waals surface area contributed by atoms with E-state index in [-0.39, 0.29) is 18.9 Å². The number of nitrogens with zero attached hydrogens (tertiary/aromatic N) is 1. The van der Waals surface area contributed by atoms with Crippen molar-refractivity contribution in [1.29, 1.82) is 0 Å². The number of imide groups is 1. The number of ether oxygens (including phenoxy) is 1. The number of likely N-dealkylation sites (N-methyl/N-ethyl adjacent to an activating group) is 1. The molecule has 1 aliphatic rings. The van der Waals surface area contributed by atoms with Crippen LogP contribution in [0.5, 0.6) is 5.75 Å².